The van der Waals surface area contributed by atoms with Crippen LogP contribution in [0.15, 0.2) is 60.7 Å². The smallest absolute Gasteiger partial charge is 0.235 e. The van der Waals surface area contributed by atoms with Crippen molar-refractivity contribution in [3.05, 3.63) is 71.8 Å². The van der Waals surface area contributed by atoms with E-state index in [4.69, 9.17) is 9.47 Å². The Morgan fingerprint density at radius 2 is 1.62 bits per heavy atom. The molecule has 3 rings (SSSR count). The zero-order chi connectivity index (χ0) is 18.2. The van der Waals surface area contributed by atoms with Gasteiger partial charge in [0, 0.05) is 6.42 Å². The Kier molecular flexibility index (Phi) is 6.74. The van der Waals surface area contributed by atoms with E-state index in [0.29, 0.717) is 13.2 Å². The summed E-state index contributed by atoms with van der Waals surface area (Å²) in [7, 11) is 0. The Morgan fingerprint density at radius 1 is 1.00 bits per heavy atom. The molecule has 0 radical (unpaired) electrons. The molecule has 0 spiro atoms. The van der Waals surface area contributed by atoms with Gasteiger partial charge in [-0.05, 0) is 11.1 Å². The van der Waals surface area contributed by atoms with Gasteiger partial charge in [0.15, 0.2) is 0 Å². The number of benzene rings is 2. The quantitative estimate of drug-likeness (QED) is 0.635. The number of carbonyl (C=O) groups excluding carboxylic acids is 1. The standard InChI is InChI=1S/C20H24N2O4/c23-18(14-25-12-15-7-3-1-4-8-15)20(17-11-19(24)22-21-17)26-13-16-9-5-2-6-10-16/h1-10,17-18,20-21,23H,11-14H2,(H,22,24)/t17?,18-,20-/m0/s1. The highest BCUT2D eigenvalue weighted by Crippen LogP contribution is 2.15. The number of hydrogen-bond donors (Lipinski definition) is 3. The van der Waals surface area contributed by atoms with Crippen molar-refractivity contribution in [2.75, 3.05) is 6.61 Å². The van der Waals surface area contributed by atoms with Crippen molar-refractivity contribution in [3.63, 3.8) is 0 Å². The van der Waals surface area contributed by atoms with Crippen molar-refractivity contribution in [1.29, 1.82) is 0 Å². The molecule has 1 amide bonds. The molecule has 3 N–H and O–H groups in total. The summed E-state index contributed by atoms with van der Waals surface area (Å²) in [5.74, 6) is -0.110. The fourth-order valence-electron chi connectivity index (χ4n) is 2.90. The van der Waals surface area contributed by atoms with E-state index in [-0.39, 0.29) is 25.0 Å². The number of hydrogen-bond acceptors (Lipinski definition) is 5. The van der Waals surface area contributed by atoms with Crippen LogP contribution in [0.25, 0.3) is 0 Å². The van der Waals surface area contributed by atoms with E-state index in [1.807, 2.05) is 60.7 Å². The lowest BCUT2D eigenvalue weighted by atomic mass is 10.0. The third-order valence-corrected chi connectivity index (χ3v) is 4.26. The second-order valence-corrected chi connectivity index (χ2v) is 6.33. The van der Waals surface area contributed by atoms with E-state index in [2.05, 4.69) is 10.9 Å². The van der Waals surface area contributed by atoms with E-state index < -0.39 is 12.2 Å². The predicted octanol–water partition coefficient (Wildman–Crippen LogP) is 1.54. The Hall–Kier alpha value is -2.25. The van der Waals surface area contributed by atoms with E-state index in [9.17, 15) is 9.90 Å². The molecule has 1 aliphatic rings. The van der Waals surface area contributed by atoms with Crippen LogP contribution in [-0.4, -0.2) is 35.9 Å². The minimum Gasteiger partial charge on any atom is -0.388 e. The van der Waals surface area contributed by atoms with Gasteiger partial charge in [-0.3, -0.25) is 10.2 Å². The summed E-state index contributed by atoms with van der Waals surface area (Å²) in [4.78, 5) is 11.5. The number of amides is 1. The number of carbonyl (C=O) groups is 1. The zero-order valence-electron chi connectivity index (χ0n) is 14.5. The van der Waals surface area contributed by atoms with Crippen LogP contribution in [0.3, 0.4) is 0 Å². The molecular weight excluding hydrogens is 332 g/mol. The SMILES string of the molecule is O=C1CC([C@H](OCc2ccccc2)[C@@H](O)COCc2ccccc2)NN1. The summed E-state index contributed by atoms with van der Waals surface area (Å²) in [6.45, 7) is 0.896. The minimum atomic E-state index is -0.854. The van der Waals surface area contributed by atoms with Crippen LogP contribution in [-0.2, 0) is 27.5 Å². The Bertz CT molecular complexity index is 681. The molecular formula is C20H24N2O4. The van der Waals surface area contributed by atoms with Gasteiger partial charge in [-0.15, -0.1) is 0 Å². The largest absolute Gasteiger partial charge is 0.388 e. The third-order valence-electron chi connectivity index (χ3n) is 4.26. The van der Waals surface area contributed by atoms with Gasteiger partial charge in [-0.2, -0.15) is 0 Å². The highest BCUT2D eigenvalue weighted by molar-refractivity contribution is 5.78. The maximum atomic E-state index is 11.5. The number of ether oxygens (including phenoxy) is 2. The first-order chi connectivity index (χ1) is 12.7. The van der Waals surface area contributed by atoms with Crippen molar-refractivity contribution in [1.82, 2.24) is 10.9 Å². The fourth-order valence-corrected chi connectivity index (χ4v) is 2.90. The van der Waals surface area contributed by atoms with Crippen LogP contribution in [0.5, 0.6) is 0 Å². The van der Waals surface area contributed by atoms with Crippen molar-refractivity contribution in [3.8, 4) is 0 Å². The van der Waals surface area contributed by atoms with Gasteiger partial charge in [0.25, 0.3) is 0 Å². The van der Waals surface area contributed by atoms with Crippen molar-refractivity contribution in [2.24, 2.45) is 0 Å². The van der Waals surface area contributed by atoms with Crippen LogP contribution >= 0.6 is 0 Å². The average Bonchev–Trinajstić information content (AvgIpc) is 3.10. The number of rotatable bonds is 9. The van der Waals surface area contributed by atoms with Crippen molar-refractivity contribution >= 4 is 5.91 Å². The molecule has 1 saturated heterocycles. The average molecular weight is 356 g/mol. The Morgan fingerprint density at radius 3 is 2.19 bits per heavy atom. The number of hydrazine groups is 1. The molecule has 1 aliphatic heterocycles. The van der Waals surface area contributed by atoms with Gasteiger partial charge >= 0.3 is 0 Å². The molecule has 138 valence electrons. The predicted molar refractivity (Wildman–Crippen MR) is 96.8 cm³/mol. The summed E-state index contributed by atoms with van der Waals surface area (Å²) in [5.41, 5.74) is 7.50. The maximum absolute atomic E-state index is 11.5. The summed E-state index contributed by atoms with van der Waals surface area (Å²) >= 11 is 0. The van der Waals surface area contributed by atoms with E-state index in [0.717, 1.165) is 11.1 Å². The van der Waals surface area contributed by atoms with Crippen LogP contribution in [0, 0.1) is 0 Å². The topological polar surface area (TPSA) is 79.8 Å². The summed E-state index contributed by atoms with van der Waals surface area (Å²) in [5, 5.41) is 10.6. The lowest BCUT2D eigenvalue weighted by Gasteiger charge is -2.27. The summed E-state index contributed by atoms with van der Waals surface area (Å²) in [6.07, 6.45) is -1.16. The lowest BCUT2D eigenvalue weighted by Crippen LogP contribution is -2.48. The first kappa shape index (κ1) is 18.5. The van der Waals surface area contributed by atoms with E-state index in [1.165, 1.54) is 0 Å². The van der Waals surface area contributed by atoms with Gasteiger partial charge in [-0.1, -0.05) is 60.7 Å². The molecule has 6 heteroatoms. The molecule has 6 nitrogen and oxygen atoms in total. The number of aliphatic hydroxyl groups is 1. The van der Waals surface area contributed by atoms with Gasteiger partial charge in [0.2, 0.25) is 5.91 Å². The fraction of sp³-hybridized carbons (Fsp3) is 0.350. The Labute approximate surface area is 153 Å². The van der Waals surface area contributed by atoms with E-state index >= 15 is 0 Å². The lowest BCUT2D eigenvalue weighted by molar-refractivity contribution is -0.120. The molecule has 0 bridgehead atoms. The third kappa shape index (κ3) is 5.37. The molecule has 1 fully saturated rings. The molecule has 1 unspecified atom stereocenters. The van der Waals surface area contributed by atoms with Crippen molar-refractivity contribution in [2.45, 2.75) is 37.9 Å². The van der Waals surface area contributed by atoms with Gasteiger partial charge in [0.05, 0.1) is 25.9 Å². The first-order valence-corrected chi connectivity index (χ1v) is 8.72. The minimum absolute atomic E-state index is 0.110. The van der Waals surface area contributed by atoms with Crippen LogP contribution < -0.4 is 10.9 Å². The Balaban J connectivity index is 1.55. The molecule has 0 saturated carbocycles. The summed E-state index contributed by atoms with van der Waals surface area (Å²) < 4.78 is 11.6. The normalized spacial score (nSPS) is 19.1. The van der Waals surface area contributed by atoms with Gasteiger partial charge in [-0.25, -0.2) is 5.43 Å². The van der Waals surface area contributed by atoms with Crippen molar-refractivity contribution < 1.29 is 19.4 Å². The molecule has 2 aromatic rings. The molecule has 3 atom stereocenters. The van der Waals surface area contributed by atoms with Gasteiger partial charge < -0.3 is 14.6 Å². The first-order valence-electron chi connectivity index (χ1n) is 8.72. The number of nitrogens with one attached hydrogen (secondary N) is 2. The van der Waals surface area contributed by atoms with Crippen LogP contribution in [0.4, 0.5) is 0 Å². The second-order valence-electron chi connectivity index (χ2n) is 6.33. The zero-order valence-corrected chi connectivity index (χ0v) is 14.5. The molecule has 0 aliphatic carbocycles. The maximum Gasteiger partial charge on any atom is 0.235 e. The van der Waals surface area contributed by atoms with Gasteiger partial charge in [0.1, 0.15) is 12.2 Å². The summed E-state index contributed by atoms with van der Waals surface area (Å²) in [6, 6.07) is 19.2. The van der Waals surface area contributed by atoms with Crippen LogP contribution in [0.2, 0.25) is 0 Å². The molecule has 2 aromatic carbocycles. The van der Waals surface area contributed by atoms with Crippen LogP contribution in [0.1, 0.15) is 17.5 Å². The second kappa shape index (κ2) is 9.45. The monoisotopic (exact) mass is 356 g/mol. The molecule has 1 heterocycles. The van der Waals surface area contributed by atoms with E-state index in [1.54, 1.807) is 0 Å². The molecule has 26 heavy (non-hydrogen) atoms. The molecule has 0 aromatic heterocycles. The highest BCUT2D eigenvalue weighted by Gasteiger charge is 2.34. The number of aliphatic hydroxyl groups excluding tert-OH is 1. The highest BCUT2D eigenvalue weighted by atomic mass is 16.5.